The largest absolute Gasteiger partial charge is 0.347 e. The molecule has 2 aliphatic rings. The van der Waals surface area contributed by atoms with E-state index < -0.39 is 75.5 Å². The summed E-state index contributed by atoms with van der Waals surface area (Å²) in [4.78, 5) is 97.8. The standard InChI is InChI=1S/C41H56N6O7S2/c1-8-16-29(33(49)37(52)42-24-31(48)44-32(38(53)46(6)7)28-19-13-10-14-20-28)43-36(51)30-23-41(55-21-15-22-56-41)25-47(30)39(54)34(40(3,4)5)45-35(50)26(2)27-17-11-9-12-18-27/h9-14,17-20,26,29-30,32,34H,8,15-16,21-25H2,1-7H3,(H,42,52)(H,43,51)(H,44,48)(H,45,50)/t26-,29+,30-,32?,34+/m0/s1. The average Bonchev–Trinajstić information content (AvgIpc) is 3.55. The Labute approximate surface area is 338 Å². The molecule has 5 atom stereocenters. The van der Waals surface area contributed by atoms with Gasteiger partial charge in [0.05, 0.1) is 22.6 Å². The van der Waals surface area contributed by atoms with Crippen LogP contribution in [0.4, 0.5) is 0 Å². The highest BCUT2D eigenvalue weighted by atomic mass is 32.2. The summed E-state index contributed by atoms with van der Waals surface area (Å²) in [6, 6.07) is 13.8. The van der Waals surface area contributed by atoms with Gasteiger partial charge in [-0.3, -0.25) is 33.6 Å². The van der Waals surface area contributed by atoms with E-state index in [0.717, 1.165) is 23.5 Å². The number of hydrogen-bond acceptors (Lipinski definition) is 9. The maximum absolute atomic E-state index is 14.6. The molecular weight excluding hydrogens is 753 g/mol. The first-order chi connectivity index (χ1) is 26.5. The molecule has 2 saturated heterocycles. The molecule has 2 aromatic carbocycles. The van der Waals surface area contributed by atoms with Crippen LogP contribution >= 0.6 is 23.5 Å². The van der Waals surface area contributed by atoms with Crippen molar-refractivity contribution in [1.29, 1.82) is 0 Å². The average molecular weight is 809 g/mol. The third-order valence-corrected chi connectivity index (χ3v) is 13.3. The van der Waals surface area contributed by atoms with Crippen molar-refractivity contribution < 1.29 is 33.6 Å². The lowest BCUT2D eigenvalue weighted by Gasteiger charge is -2.37. The van der Waals surface area contributed by atoms with E-state index in [2.05, 4.69) is 21.3 Å². The van der Waals surface area contributed by atoms with Crippen LogP contribution in [0.5, 0.6) is 0 Å². The van der Waals surface area contributed by atoms with Crippen LogP contribution in [-0.4, -0.2) is 112 Å². The maximum Gasteiger partial charge on any atom is 0.290 e. The Morgan fingerprint density at radius 1 is 0.875 bits per heavy atom. The topological polar surface area (TPSA) is 174 Å². The van der Waals surface area contributed by atoms with Gasteiger partial charge in [0, 0.05) is 27.1 Å². The number of carbonyl (C=O) groups excluding carboxylic acids is 7. The Hall–Kier alpha value is -4.37. The number of ketones is 1. The SMILES string of the molecule is CCC[C@@H](NC(=O)[C@@H]1CC2(CN1C(=O)[C@@H](NC(=O)[C@@H](C)c1ccccc1)C(C)(C)C)SCCCS2)C(=O)C(=O)NCC(=O)NC(C(=O)N(C)C)c1ccccc1. The highest BCUT2D eigenvalue weighted by molar-refractivity contribution is 8.18. The van der Waals surface area contributed by atoms with Gasteiger partial charge >= 0.3 is 0 Å². The summed E-state index contributed by atoms with van der Waals surface area (Å²) in [5, 5.41) is 10.7. The molecule has 0 aromatic heterocycles. The van der Waals surface area contributed by atoms with Gasteiger partial charge in [0.1, 0.15) is 18.1 Å². The fraction of sp³-hybridized carbons (Fsp3) is 0.537. The van der Waals surface area contributed by atoms with Gasteiger partial charge in [0.15, 0.2) is 0 Å². The van der Waals surface area contributed by atoms with Gasteiger partial charge in [-0.15, -0.1) is 23.5 Å². The Balaban J connectivity index is 1.49. The molecule has 2 fully saturated rings. The van der Waals surface area contributed by atoms with Crippen LogP contribution in [0.15, 0.2) is 60.7 Å². The lowest BCUT2D eigenvalue weighted by Crippen LogP contribution is -2.59. The number of likely N-dealkylation sites (N-methyl/N-ethyl adjacent to an activating group) is 1. The second kappa shape index (κ2) is 19.7. The highest BCUT2D eigenvalue weighted by Crippen LogP contribution is 2.50. The summed E-state index contributed by atoms with van der Waals surface area (Å²) in [6.45, 7) is 8.89. The van der Waals surface area contributed by atoms with E-state index in [1.165, 1.54) is 4.90 Å². The molecule has 2 heterocycles. The number of thioether (sulfide) groups is 2. The van der Waals surface area contributed by atoms with Gasteiger partial charge in [-0.25, -0.2) is 0 Å². The summed E-state index contributed by atoms with van der Waals surface area (Å²) >= 11 is 3.43. The van der Waals surface area contributed by atoms with Crippen LogP contribution in [-0.2, 0) is 33.6 Å². The van der Waals surface area contributed by atoms with E-state index in [0.29, 0.717) is 18.4 Å². The van der Waals surface area contributed by atoms with E-state index in [1.807, 2.05) is 58.0 Å². The van der Waals surface area contributed by atoms with Gasteiger partial charge in [-0.1, -0.05) is 94.8 Å². The molecule has 0 aliphatic carbocycles. The summed E-state index contributed by atoms with van der Waals surface area (Å²) in [7, 11) is 3.13. The Bertz CT molecular complexity index is 1730. The molecule has 4 rings (SSSR count). The van der Waals surface area contributed by atoms with Crippen LogP contribution in [0, 0.1) is 5.41 Å². The Morgan fingerprint density at radius 3 is 2.02 bits per heavy atom. The van der Waals surface area contributed by atoms with E-state index >= 15 is 0 Å². The molecule has 0 saturated carbocycles. The van der Waals surface area contributed by atoms with E-state index in [4.69, 9.17) is 0 Å². The Morgan fingerprint density at radius 2 is 1.46 bits per heavy atom. The highest BCUT2D eigenvalue weighted by Gasteiger charge is 2.53. The number of Topliss-reactive ketones (excluding diaryl/α,β-unsaturated/α-hetero) is 1. The fourth-order valence-corrected chi connectivity index (χ4v) is 10.1. The van der Waals surface area contributed by atoms with Crippen molar-refractivity contribution in [3.8, 4) is 0 Å². The number of benzene rings is 2. The zero-order valence-corrected chi connectivity index (χ0v) is 35.0. The number of nitrogens with one attached hydrogen (secondary N) is 4. The molecule has 4 N–H and O–H groups in total. The molecule has 304 valence electrons. The first-order valence-electron chi connectivity index (χ1n) is 19.1. The Kier molecular flexibility index (Phi) is 15.6. The summed E-state index contributed by atoms with van der Waals surface area (Å²) in [5.41, 5.74) is 0.653. The third-order valence-electron chi connectivity index (χ3n) is 9.96. The van der Waals surface area contributed by atoms with Crippen molar-refractivity contribution in [1.82, 2.24) is 31.1 Å². The van der Waals surface area contributed by atoms with E-state index in [-0.39, 0.29) is 24.8 Å². The van der Waals surface area contributed by atoms with Crippen molar-refractivity contribution >= 4 is 64.8 Å². The van der Waals surface area contributed by atoms with Gasteiger partial charge in [0.2, 0.25) is 35.3 Å². The normalized spacial score (nSPS) is 18.5. The van der Waals surface area contributed by atoms with Crippen LogP contribution in [0.1, 0.15) is 83.4 Å². The van der Waals surface area contributed by atoms with Crippen molar-refractivity contribution in [2.75, 3.05) is 38.7 Å². The fourth-order valence-electron chi connectivity index (χ4n) is 6.74. The second-order valence-corrected chi connectivity index (χ2v) is 18.8. The lowest BCUT2D eigenvalue weighted by molar-refractivity contribution is -0.145. The molecular formula is C41H56N6O7S2. The molecule has 15 heteroatoms. The monoisotopic (exact) mass is 808 g/mol. The number of carbonyl (C=O) groups is 7. The lowest BCUT2D eigenvalue weighted by atomic mass is 9.85. The minimum absolute atomic E-state index is 0.144. The number of hydrogen-bond donors (Lipinski definition) is 4. The predicted octanol–water partition coefficient (Wildman–Crippen LogP) is 3.40. The third kappa shape index (κ3) is 11.4. The smallest absolute Gasteiger partial charge is 0.290 e. The second-order valence-electron chi connectivity index (χ2n) is 15.6. The van der Waals surface area contributed by atoms with Gasteiger partial charge in [0.25, 0.3) is 5.91 Å². The molecule has 0 radical (unpaired) electrons. The van der Waals surface area contributed by atoms with Crippen LogP contribution < -0.4 is 21.3 Å². The summed E-state index contributed by atoms with van der Waals surface area (Å²) < 4.78 is -0.444. The summed E-state index contributed by atoms with van der Waals surface area (Å²) in [5.74, 6) is -3.10. The molecule has 2 aromatic rings. The van der Waals surface area contributed by atoms with Crippen LogP contribution in [0.2, 0.25) is 0 Å². The van der Waals surface area contributed by atoms with Gasteiger partial charge in [-0.05, 0) is 47.8 Å². The minimum Gasteiger partial charge on any atom is -0.347 e. The molecule has 0 bridgehead atoms. The molecule has 2 aliphatic heterocycles. The molecule has 1 spiro atoms. The van der Waals surface area contributed by atoms with Crippen molar-refractivity contribution in [2.24, 2.45) is 5.41 Å². The number of amides is 6. The predicted molar refractivity (Wildman–Crippen MR) is 219 cm³/mol. The minimum atomic E-state index is -1.21. The zero-order valence-electron chi connectivity index (χ0n) is 33.4. The van der Waals surface area contributed by atoms with Crippen LogP contribution in [0.25, 0.3) is 0 Å². The van der Waals surface area contributed by atoms with Crippen LogP contribution in [0.3, 0.4) is 0 Å². The van der Waals surface area contributed by atoms with Gasteiger partial charge in [-0.2, -0.15) is 0 Å². The van der Waals surface area contributed by atoms with E-state index in [1.54, 1.807) is 79.8 Å². The quantitative estimate of drug-likeness (QED) is 0.197. The van der Waals surface area contributed by atoms with Crippen molar-refractivity contribution in [3.63, 3.8) is 0 Å². The number of rotatable bonds is 15. The maximum atomic E-state index is 14.6. The van der Waals surface area contributed by atoms with Crippen molar-refractivity contribution in [3.05, 3.63) is 71.8 Å². The van der Waals surface area contributed by atoms with E-state index in [9.17, 15) is 33.6 Å². The number of nitrogens with zero attached hydrogens (tertiary/aromatic N) is 2. The first kappa shape index (κ1) is 44.3. The molecule has 1 unspecified atom stereocenters. The summed E-state index contributed by atoms with van der Waals surface area (Å²) in [6.07, 6.45) is 1.93. The molecule has 56 heavy (non-hydrogen) atoms. The molecule has 13 nitrogen and oxygen atoms in total. The van der Waals surface area contributed by atoms with Crippen molar-refractivity contribution in [2.45, 2.75) is 94.5 Å². The first-order valence-corrected chi connectivity index (χ1v) is 21.1. The number of likely N-dealkylation sites (tertiary alicyclic amines) is 1. The van der Waals surface area contributed by atoms with Gasteiger partial charge < -0.3 is 31.1 Å². The molecule has 6 amide bonds. The zero-order chi connectivity index (χ0) is 41.2.